The molecule has 0 saturated carbocycles. The number of aliphatic hydroxyl groups excluding tert-OH is 1. The van der Waals surface area contributed by atoms with Crippen LogP contribution in [0.3, 0.4) is 0 Å². The summed E-state index contributed by atoms with van der Waals surface area (Å²) >= 11 is 0. The summed E-state index contributed by atoms with van der Waals surface area (Å²) in [7, 11) is 8.02. The Morgan fingerprint density at radius 2 is 0.937 bits per heavy atom. The number of nitrogens with zero attached hydrogens (tertiary/aromatic N) is 8. The molecule has 528 valence electrons. The molecule has 95 heavy (non-hydrogen) atoms. The lowest BCUT2D eigenvalue weighted by Crippen LogP contribution is -2.62. The molecular formula is C70H110N12O13. The van der Waals surface area contributed by atoms with Crippen LogP contribution >= 0.6 is 0 Å². The molecule has 13 amide bonds. The van der Waals surface area contributed by atoms with E-state index in [9.17, 15) is 43.5 Å². The number of carbonyl (C=O) groups excluding carboxylic acids is 12. The van der Waals surface area contributed by atoms with Gasteiger partial charge in [-0.15, -0.1) is 0 Å². The van der Waals surface area contributed by atoms with Gasteiger partial charge < -0.3 is 60.7 Å². The molecule has 2 aliphatic heterocycles. The van der Waals surface area contributed by atoms with Crippen LogP contribution < -0.4 is 21.3 Å². The molecular weight excluding hydrogens is 1220 g/mol. The molecule has 0 bridgehead atoms. The van der Waals surface area contributed by atoms with Crippen LogP contribution in [0.1, 0.15) is 146 Å². The second kappa shape index (κ2) is 36.8. The van der Waals surface area contributed by atoms with Crippen LogP contribution in [-0.2, 0) is 65.6 Å². The first kappa shape index (κ1) is 79.5. The summed E-state index contributed by atoms with van der Waals surface area (Å²) in [6, 6.07) is 3.21. The number of nitrogens with one attached hydrogen (secondary N) is 4. The van der Waals surface area contributed by atoms with Gasteiger partial charge in [0.1, 0.15) is 60.4 Å². The highest BCUT2D eigenvalue weighted by Crippen LogP contribution is 2.24. The molecule has 2 fully saturated rings. The standard InChI is InChI=1S/C70H110N12O13/c1-19-82-55(39-49-29-23-20-24-30-49)63(88)71-46(10)64(89)77(15)57(40-50-31-25-21-26-32-50)67(92)76(14)53(36-43(4)5)62(87)74-59(48(12)83)69(94)80(18)70(95)79(17)54(37-44(6)7)61(86)73-52(66(91)81-33-27-22-28-34-81)41-58(84)75(13)47(11)60(85)72-51(35-42(2)3)65(90)78(16)56(68(82)93)38-45(8)9/h20-21,23-26,29-32,42-48,51-57,59,83H,19,22,27-28,33-41H2,1-18H3,(H,71,88)(H,72,85)(H,73,86)(H,74,87)/t46?,47-,48-,51+,52+,53+,54+,55+,56+,57+,59+/m1/s1. The Hall–Kier alpha value is -7.96. The Morgan fingerprint density at radius 3 is 1.43 bits per heavy atom. The molecule has 0 aromatic heterocycles. The normalized spacial score (nSPS) is 25.6. The molecule has 1 unspecified atom stereocenters. The zero-order valence-electron chi connectivity index (χ0n) is 59.6. The number of urea groups is 1. The Kier molecular flexibility index (Phi) is 30.8. The number of piperidine rings is 1. The number of amides is 13. The third-order valence-corrected chi connectivity index (χ3v) is 18.0. The Balaban J connectivity index is 1.96. The number of imide groups is 1. The van der Waals surface area contributed by atoms with E-state index >= 15 is 19.2 Å². The maximum atomic E-state index is 15.5. The lowest BCUT2D eigenvalue weighted by Gasteiger charge is -2.39. The molecule has 2 saturated heterocycles. The van der Waals surface area contributed by atoms with E-state index in [1.54, 1.807) is 86.3 Å². The molecule has 0 spiro atoms. The molecule has 25 nitrogen and oxygen atoms in total. The van der Waals surface area contributed by atoms with Gasteiger partial charge in [-0.2, -0.15) is 0 Å². The van der Waals surface area contributed by atoms with Crippen molar-refractivity contribution in [3.63, 3.8) is 0 Å². The molecule has 2 aromatic rings. The molecule has 0 aliphatic carbocycles. The number of aliphatic hydroxyl groups is 1. The fourth-order valence-electron chi connectivity index (χ4n) is 12.2. The quantitative estimate of drug-likeness (QED) is 0.170. The van der Waals surface area contributed by atoms with E-state index in [1.165, 1.54) is 75.6 Å². The minimum atomic E-state index is -1.79. The van der Waals surface area contributed by atoms with Gasteiger partial charge >= 0.3 is 6.03 Å². The Labute approximate surface area is 563 Å². The predicted octanol–water partition coefficient (Wildman–Crippen LogP) is 3.84. The summed E-state index contributed by atoms with van der Waals surface area (Å²) in [5, 5.41) is 22.3. The van der Waals surface area contributed by atoms with Crippen LogP contribution in [0.5, 0.6) is 0 Å². The van der Waals surface area contributed by atoms with E-state index in [0.29, 0.717) is 42.0 Å². The maximum absolute atomic E-state index is 15.5. The van der Waals surface area contributed by atoms with Gasteiger partial charge in [0.15, 0.2) is 0 Å². The first-order chi connectivity index (χ1) is 44.5. The van der Waals surface area contributed by atoms with Gasteiger partial charge in [0.25, 0.3) is 5.91 Å². The first-order valence-electron chi connectivity index (χ1n) is 33.7. The van der Waals surface area contributed by atoms with Crippen molar-refractivity contribution in [2.24, 2.45) is 23.7 Å². The summed E-state index contributed by atoms with van der Waals surface area (Å²) < 4.78 is 0. The van der Waals surface area contributed by atoms with Crippen molar-refractivity contribution in [2.45, 2.75) is 214 Å². The van der Waals surface area contributed by atoms with E-state index in [4.69, 9.17) is 0 Å². The van der Waals surface area contributed by atoms with Gasteiger partial charge in [0.2, 0.25) is 59.1 Å². The van der Waals surface area contributed by atoms with Crippen LogP contribution in [-0.4, -0.2) is 244 Å². The van der Waals surface area contributed by atoms with E-state index in [0.717, 1.165) is 23.3 Å². The SMILES string of the molecule is CCN1C(=O)[C@H](CC(C)C)N(C)C(=O)[C@H](CC(C)C)NC(=O)[C@@H](C)N(C)C(=O)C[C@@H](C(=O)N2CCCCC2)NC(=O)[C@H](CC(C)C)N(C)C(=O)N(C)C(=O)[C@H]([C@@H](C)O)NC(=O)[C@H](CC(C)C)N(C)C(=O)[C@H](Cc2ccccc2)N(C)C(=O)C(C)NC(=O)[C@@H]1Cc1ccccc1. The third-order valence-electron chi connectivity index (χ3n) is 18.0. The van der Waals surface area contributed by atoms with Gasteiger partial charge in [-0.3, -0.25) is 57.6 Å². The molecule has 2 aromatic carbocycles. The largest absolute Gasteiger partial charge is 0.391 e. The fourth-order valence-corrected chi connectivity index (χ4v) is 12.2. The zero-order chi connectivity index (χ0) is 71.5. The molecule has 4 rings (SSSR count). The zero-order valence-corrected chi connectivity index (χ0v) is 59.6. The fraction of sp³-hybridized carbons (Fsp3) is 0.657. The van der Waals surface area contributed by atoms with Crippen LogP contribution in [0.2, 0.25) is 0 Å². The van der Waals surface area contributed by atoms with E-state index in [1.807, 2.05) is 41.5 Å². The molecule has 25 heteroatoms. The van der Waals surface area contributed by atoms with Crippen LogP contribution in [0.15, 0.2) is 60.7 Å². The first-order valence-corrected chi connectivity index (χ1v) is 33.7. The second-order valence-electron chi connectivity index (χ2n) is 27.6. The van der Waals surface area contributed by atoms with Gasteiger partial charge in [0, 0.05) is 74.8 Å². The molecule has 11 atom stereocenters. The van der Waals surface area contributed by atoms with Crippen LogP contribution in [0.25, 0.3) is 0 Å². The number of likely N-dealkylation sites (N-methyl/N-ethyl adjacent to an activating group) is 7. The van der Waals surface area contributed by atoms with Crippen molar-refractivity contribution >= 4 is 71.0 Å². The summed E-state index contributed by atoms with van der Waals surface area (Å²) in [6.07, 6.45) is 0.121. The average molecular weight is 1330 g/mol. The number of carbonyl (C=O) groups is 12. The van der Waals surface area contributed by atoms with Gasteiger partial charge in [-0.25, -0.2) is 4.79 Å². The van der Waals surface area contributed by atoms with Crippen molar-refractivity contribution in [3.8, 4) is 0 Å². The van der Waals surface area contributed by atoms with E-state index in [-0.39, 0.29) is 68.7 Å². The van der Waals surface area contributed by atoms with E-state index in [2.05, 4.69) is 21.3 Å². The lowest BCUT2D eigenvalue weighted by atomic mass is 9.96. The number of hydrogen-bond acceptors (Lipinski definition) is 13. The molecule has 2 heterocycles. The Bertz CT molecular complexity index is 2960. The van der Waals surface area contributed by atoms with Crippen molar-refractivity contribution in [1.82, 2.24) is 60.5 Å². The number of rotatable bonds is 15. The molecule has 0 radical (unpaired) electrons. The van der Waals surface area contributed by atoms with Crippen molar-refractivity contribution in [2.75, 3.05) is 61.9 Å². The lowest BCUT2D eigenvalue weighted by molar-refractivity contribution is -0.151. The highest BCUT2D eigenvalue weighted by atomic mass is 16.3. The molecule has 5 N–H and O–H groups in total. The number of hydrogen-bond donors (Lipinski definition) is 5. The van der Waals surface area contributed by atoms with Crippen molar-refractivity contribution in [3.05, 3.63) is 71.8 Å². The van der Waals surface area contributed by atoms with Gasteiger partial charge in [-0.05, 0) is 107 Å². The van der Waals surface area contributed by atoms with Crippen LogP contribution in [0.4, 0.5) is 4.79 Å². The van der Waals surface area contributed by atoms with Gasteiger partial charge in [-0.1, -0.05) is 116 Å². The monoisotopic (exact) mass is 1330 g/mol. The van der Waals surface area contributed by atoms with E-state index < -0.39 is 144 Å². The minimum Gasteiger partial charge on any atom is -0.391 e. The molecule has 2 aliphatic rings. The smallest absolute Gasteiger partial charge is 0.326 e. The van der Waals surface area contributed by atoms with Crippen molar-refractivity contribution < 1.29 is 62.6 Å². The summed E-state index contributed by atoms with van der Waals surface area (Å²) in [5.74, 6) is -9.04. The Morgan fingerprint density at radius 1 is 0.484 bits per heavy atom. The van der Waals surface area contributed by atoms with Crippen molar-refractivity contribution in [1.29, 1.82) is 0 Å². The average Bonchev–Trinajstić information content (AvgIpc) is 0.828. The highest BCUT2D eigenvalue weighted by molar-refractivity contribution is 6.02. The third kappa shape index (κ3) is 22.0. The predicted molar refractivity (Wildman–Crippen MR) is 361 cm³/mol. The highest BCUT2D eigenvalue weighted by Gasteiger charge is 2.44. The second-order valence-corrected chi connectivity index (χ2v) is 27.6. The minimum absolute atomic E-state index is 0.00264. The maximum Gasteiger partial charge on any atom is 0.326 e. The number of benzene rings is 2. The summed E-state index contributed by atoms with van der Waals surface area (Å²) in [5.41, 5.74) is 1.32. The topological polar surface area (TPSA) is 299 Å². The summed E-state index contributed by atoms with van der Waals surface area (Å²) in [6.45, 7) is 21.2. The van der Waals surface area contributed by atoms with Crippen LogP contribution in [0, 0.1) is 23.7 Å². The number of likely N-dealkylation sites (tertiary alicyclic amines) is 1. The van der Waals surface area contributed by atoms with Gasteiger partial charge in [0.05, 0.1) is 12.5 Å². The summed E-state index contributed by atoms with van der Waals surface area (Å²) in [4.78, 5) is 188.